The summed E-state index contributed by atoms with van der Waals surface area (Å²) in [5.74, 6) is 0.753. The number of methoxy groups -OCH3 is 1. The molecule has 0 aliphatic rings. The van der Waals surface area contributed by atoms with Crippen molar-refractivity contribution in [1.29, 1.82) is 0 Å². The highest BCUT2D eigenvalue weighted by Gasteiger charge is 2.03. The number of ether oxygens (including phenoxy) is 1. The lowest BCUT2D eigenvalue weighted by atomic mass is 10.3. The summed E-state index contributed by atoms with van der Waals surface area (Å²) < 4.78 is 5.23. The van der Waals surface area contributed by atoms with E-state index in [1.165, 1.54) is 6.33 Å². The second-order valence-electron chi connectivity index (χ2n) is 3.40. The molecule has 0 radical (unpaired) electrons. The highest BCUT2D eigenvalue weighted by atomic mass is 35.5. The van der Waals surface area contributed by atoms with E-state index in [4.69, 9.17) is 16.3 Å². The van der Waals surface area contributed by atoms with Gasteiger partial charge in [-0.3, -0.25) is 0 Å². The monoisotopic (exact) mass is 249 g/mol. The molecule has 0 saturated heterocycles. The zero-order valence-corrected chi connectivity index (χ0v) is 10.1. The van der Waals surface area contributed by atoms with Gasteiger partial charge in [0.25, 0.3) is 0 Å². The molecule has 5 heteroatoms. The number of anilines is 1. The maximum absolute atomic E-state index is 5.93. The van der Waals surface area contributed by atoms with Gasteiger partial charge in [-0.25, -0.2) is 9.97 Å². The lowest BCUT2D eigenvalue weighted by Gasteiger charge is -2.10. The summed E-state index contributed by atoms with van der Waals surface area (Å²) >= 11 is 5.93. The molecule has 88 valence electrons. The third-order valence-electron chi connectivity index (χ3n) is 2.26. The predicted molar refractivity (Wildman–Crippen MR) is 67.4 cm³/mol. The summed E-state index contributed by atoms with van der Waals surface area (Å²) in [6.07, 6.45) is 3.23. The van der Waals surface area contributed by atoms with E-state index in [0.29, 0.717) is 11.6 Å². The molecule has 1 heterocycles. The number of nitrogens with one attached hydrogen (secondary N) is 1. The minimum atomic E-state index is 0.596. The van der Waals surface area contributed by atoms with Crippen LogP contribution in [-0.2, 0) is 6.54 Å². The summed E-state index contributed by atoms with van der Waals surface area (Å²) in [4.78, 5) is 7.99. The van der Waals surface area contributed by atoms with Gasteiger partial charge in [-0.1, -0.05) is 11.6 Å². The van der Waals surface area contributed by atoms with Gasteiger partial charge in [0.05, 0.1) is 25.0 Å². The molecule has 1 aromatic carbocycles. The molecule has 0 unspecified atom stereocenters. The largest absolute Gasteiger partial charge is 0.495 e. The lowest BCUT2D eigenvalue weighted by Crippen LogP contribution is -2.03. The van der Waals surface area contributed by atoms with E-state index in [9.17, 15) is 0 Å². The van der Waals surface area contributed by atoms with Gasteiger partial charge in [0.2, 0.25) is 0 Å². The van der Waals surface area contributed by atoms with Crippen LogP contribution in [0.2, 0.25) is 5.02 Å². The van der Waals surface area contributed by atoms with Crippen molar-refractivity contribution < 1.29 is 4.74 Å². The Balaban J connectivity index is 2.11. The van der Waals surface area contributed by atoms with Crippen LogP contribution in [0.5, 0.6) is 5.75 Å². The lowest BCUT2D eigenvalue weighted by molar-refractivity contribution is 0.416. The third-order valence-corrected chi connectivity index (χ3v) is 2.50. The van der Waals surface area contributed by atoms with Crippen molar-refractivity contribution in [2.75, 3.05) is 12.4 Å². The molecule has 0 aliphatic carbocycles. The van der Waals surface area contributed by atoms with Crippen LogP contribution in [0.4, 0.5) is 5.69 Å². The topological polar surface area (TPSA) is 47.0 Å². The number of hydrogen-bond acceptors (Lipinski definition) is 4. The average Bonchev–Trinajstić information content (AvgIpc) is 2.38. The third kappa shape index (κ3) is 3.07. The van der Waals surface area contributed by atoms with Crippen molar-refractivity contribution >= 4 is 17.3 Å². The maximum atomic E-state index is 5.93. The van der Waals surface area contributed by atoms with Gasteiger partial charge in [-0.05, 0) is 24.3 Å². The van der Waals surface area contributed by atoms with Gasteiger partial charge in [-0.15, -0.1) is 0 Å². The second-order valence-corrected chi connectivity index (χ2v) is 3.84. The van der Waals surface area contributed by atoms with Crippen molar-refractivity contribution in [3.63, 3.8) is 0 Å². The smallest absolute Gasteiger partial charge is 0.142 e. The van der Waals surface area contributed by atoms with Gasteiger partial charge in [-0.2, -0.15) is 0 Å². The molecule has 1 aromatic heterocycles. The summed E-state index contributed by atoms with van der Waals surface area (Å²) in [6, 6.07) is 7.28. The fraction of sp³-hybridized carbons (Fsp3) is 0.167. The highest BCUT2D eigenvalue weighted by molar-refractivity contribution is 6.30. The zero-order valence-electron chi connectivity index (χ0n) is 9.35. The summed E-state index contributed by atoms with van der Waals surface area (Å²) in [7, 11) is 1.62. The van der Waals surface area contributed by atoms with E-state index in [-0.39, 0.29) is 0 Å². The molecular formula is C12H12ClN3O. The molecule has 0 bridgehead atoms. The Morgan fingerprint density at radius 1 is 1.35 bits per heavy atom. The van der Waals surface area contributed by atoms with Crippen LogP contribution in [0, 0.1) is 0 Å². The SMILES string of the molecule is COc1ccc(Cl)cc1NCc1ccncn1. The summed E-state index contributed by atoms with van der Waals surface area (Å²) in [6.45, 7) is 0.596. The molecule has 2 rings (SSSR count). The number of rotatable bonds is 4. The normalized spacial score (nSPS) is 10.0. The molecule has 1 N–H and O–H groups in total. The van der Waals surface area contributed by atoms with Crippen LogP contribution >= 0.6 is 11.6 Å². The van der Waals surface area contributed by atoms with Gasteiger partial charge in [0.1, 0.15) is 12.1 Å². The van der Waals surface area contributed by atoms with Crippen LogP contribution in [0.25, 0.3) is 0 Å². The minimum absolute atomic E-state index is 0.596. The predicted octanol–water partition coefficient (Wildman–Crippen LogP) is 2.75. The maximum Gasteiger partial charge on any atom is 0.142 e. The van der Waals surface area contributed by atoms with E-state index in [1.807, 2.05) is 18.2 Å². The Morgan fingerprint density at radius 2 is 2.24 bits per heavy atom. The molecule has 4 nitrogen and oxygen atoms in total. The zero-order chi connectivity index (χ0) is 12.1. The standard InChI is InChI=1S/C12H12ClN3O/c1-17-12-3-2-9(13)6-11(12)15-7-10-4-5-14-8-16-10/h2-6,8,15H,7H2,1H3. The molecule has 0 spiro atoms. The first-order valence-electron chi connectivity index (χ1n) is 5.12. The number of benzene rings is 1. The first kappa shape index (κ1) is 11.7. The Labute approximate surface area is 105 Å². The van der Waals surface area contributed by atoms with E-state index >= 15 is 0 Å². The van der Waals surface area contributed by atoms with Crippen LogP contribution in [0.15, 0.2) is 36.8 Å². The molecule has 17 heavy (non-hydrogen) atoms. The highest BCUT2D eigenvalue weighted by Crippen LogP contribution is 2.27. The van der Waals surface area contributed by atoms with Crippen molar-refractivity contribution in [3.05, 3.63) is 47.5 Å². The summed E-state index contributed by atoms with van der Waals surface area (Å²) in [5.41, 5.74) is 1.75. The first-order chi connectivity index (χ1) is 8.29. The van der Waals surface area contributed by atoms with Gasteiger partial charge in [0, 0.05) is 11.2 Å². The Hall–Kier alpha value is -1.81. The first-order valence-corrected chi connectivity index (χ1v) is 5.49. The quantitative estimate of drug-likeness (QED) is 0.905. The van der Waals surface area contributed by atoms with Crippen LogP contribution in [0.3, 0.4) is 0 Å². The Kier molecular flexibility index (Phi) is 3.77. The molecule has 0 amide bonds. The van der Waals surface area contributed by atoms with Crippen molar-refractivity contribution in [1.82, 2.24) is 9.97 Å². The molecular weight excluding hydrogens is 238 g/mol. The van der Waals surface area contributed by atoms with Crippen molar-refractivity contribution in [3.8, 4) is 5.75 Å². The fourth-order valence-electron chi connectivity index (χ4n) is 1.43. The van der Waals surface area contributed by atoms with E-state index < -0.39 is 0 Å². The second kappa shape index (κ2) is 5.50. The van der Waals surface area contributed by atoms with Gasteiger partial charge in [0.15, 0.2) is 0 Å². The van der Waals surface area contributed by atoms with Gasteiger partial charge >= 0.3 is 0 Å². The number of hydrogen-bond donors (Lipinski definition) is 1. The Bertz CT molecular complexity index is 490. The van der Waals surface area contributed by atoms with Crippen LogP contribution in [0.1, 0.15) is 5.69 Å². The van der Waals surface area contributed by atoms with Crippen LogP contribution < -0.4 is 10.1 Å². The molecule has 2 aromatic rings. The molecule has 0 saturated carbocycles. The van der Waals surface area contributed by atoms with Gasteiger partial charge < -0.3 is 10.1 Å². The van der Waals surface area contributed by atoms with E-state index in [2.05, 4.69) is 15.3 Å². The fourth-order valence-corrected chi connectivity index (χ4v) is 1.60. The molecule has 0 aliphatic heterocycles. The number of nitrogens with zero attached hydrogens (tertiary/aromatic N) is 2. The average molecular weight is 250 g/mol. The Morgan fingerprint density at radius 3 is 2.94 bits per heavy atom. The van der Waals surface area contributed by atoms with Crippen LogP contribution in [-0.4, -0.2) is 17.1 Å². The summed E-state index contributed by atoms with van der Waals surface area (Å²) in [5, 5.41) is 3.88. The van der Waals surface area contributed by atoms with E-state index in [0.717, 1.165) is 17.1 Å². The van der Waals surface area contributed by atoms with Crippen molar-refractivity contribution in [2.24, 2.45) is 0 Å². The minimum Gasteiger partial charge on any atom is -0.495 e. The van der Waals surface area contributed by atoms with E-state index in [1.54, 1.807) is 19.4 Å². The van der Waals surface area contributed by atoms with Crippen molar-refractivity contribution in [2.45, 2.75) is 6.54 Å². The molecule has 0 fully saturated rings. The molecule has 0 atom stereocenters. The number of aromatic nitrogens is 2. The number of halogens is 1.